The van der Waals surface area contributed by atoms with Crippen molar-refractivity contribution in [3.8, 4) is 5.82 Å². The number of carbonyl (C=O) groups is 1. The van der Waals surface area contributed by atoms with E-state index in [1.165, 1.54) is 6.07 Å². The van der Waals surface area contributed by atoms with Crippen molar-refractivity contribution in [1.82, 2.24) is 14.8 Å². The molecule has 0 atom stereocenters. The summed E-state index contributed by atoms with van der Waals surface area (Å²) in [4.78, 5) is 16.6. The fourth-order valence-corrected chi connectivity index (χ4v) is 2.20. The van der Waals surface area contributed by atoms with E-state index in [9.17, 15) is 4.79 Å². The van der Waals surface area contributed by atoms with Crippen LogP contribution in [0.2, 0.25) is 10.0 Å². The molecule has 0 fully saturated rings. The Kier molecular flexibility index (Phi) is 4.09. The highest BCUT2D eigenvalue weighted by molar-refractivity contribution is 6.42. The van der Waals surface area contributed by atoms with Gasteiger partial charge in [-0.3, -0.25) is 4.79 Å². The summed E-state index contributed by atoms with van der Waals surface area (Å²) in [6.45, 7) is 0. The first-order valence-electron chi connectivity index (χ1n) is 6.36. The second kappa shape index (κ2) is 6.17. The van der Waals surface area contributed by atoms with E-state index in [1.54, 1.807) is 53.6 Å². The largest absolute Gasteiger partial charge is 0.319 e. The molecule has 0 saturated carbocycles. The molecule has 0 spiro atoms. The average Bonchev–Trinajstić information content (AvgIpc) is 3.04. The number of anilines is 1. The molecular weight excluding hydrogens is 323 g/mol. The molecule has 0 radical (unpaired) electrons. The Hall–Kier alpha value is -2.37. The number of halogens is 2. The lowest BCUT2D eigenvalue weighted by atomic mass is 10.2. The molecule has 0 unspecified atom stereocenters. The summed E-state index contributed by atoms with van der Waals surface area (Å²) < 4.78 is 1.57. The van der Waals surface area contributed by atoms with Crippen LogP contribution in [0.25, 0.3) is 5.82 Å². The average molecular weight is 333 g/mol. The number of rotatable bonds is 3. The van der Waals surface area contributed by atoms with Crippen LogP contribution in [0.5, 0.6) is 0 Å². The topological polar surface area (TPSA) is 59.8 Å². The molecule has 1 amide bonds. The third-order valence-electron chi connectivity index (χ3n) is 2.94. The van der Waals surface area contributed by atoms with Gasteiger partial charge in [0, 0.05) is 24.2 Å². The Balaban J connectivity index is 1.90. The van der Waals surface area contributed by atoms with Crippen LogP contribution in [0, 0.1) is 0 Å². The van der Waals surface area contributed by atoms with Crippen molar-refractivity contribution in [2.24, 2.45) is 0 Å². The van der Waals surface area contributed by atoms with Crippen LogP contribution in [-0.2, 0) is 0 Å². The monoisotopic (exact) mass is 332 g/mol. The summed E-state index contributed by atoms with van der Waals surface area (Å²) in [7, 11) is 0. The van der Waals surface area contributed by atoms with Gasteiger partial charge in [0.1, 0.15) is 0 Å². The van der Waals surface area contributed by atoms with Crippen LogP contribution in [0.15, 0.2) is 55.0 Å². The van der Waals surface area contributed by atoms with Gasteiger partial charge in [-0.1, -0.05) is 23.2 Å². The van der Waals surface area contributed by atoms with E-state index in [0.717, 1.165) is 0 Å². The number of carbonyl (C=O) groups excluding carboxylic acids is 1. The number of aromatic nitrogens is 3. The van der Waals surface area contributed by atoms with Crippen molar-refractivity contribution < 1.29 is 4.79 Å². The van der Waals surface area contributed by atoms with Gasteiger partial charge in [0.15, 0.2) is 5.82 Å². The van der Waals surface area contributed by atoms with Gasteiger partial charge in [-0.15, -0.1) is 0 Å². The molecule has 3 rings (SSSR count). The standard InChI is InChI=1S/C15H10Cl2N4O/c16-11-5-4-10(9-12(11)17)15(22)20-13-3-1-6-18-14(13)21-8-2-7-19-21/h1-9H,(H,20,22). The maximum Gasteiger partial charge on any atom is 0.255 e. The van der Waals surface area contributed by atoms with Crippen molar-refractivity contribution in [2.75, 3.05) is 5.32 Å². The Morgan fingerprint density at radius 3 is 2.68 bits per heavy atom. The summed E-state index contributed by atoms with van der Waals surface area (Å²) in [5, 5.41) is 7.64. The van der Waals surface area contributed by atoms with Crippen LogP contribution < -0.4 is 5.32 Å². The molecule has 0 aliphatic heterocycles. The van der Waals surface area contributed by atoms with Crippen molar-refractivity contribution in [3.63, 3.8) is 0 Å². The molecule has 0 bridgehead atoms. The van der Waals surface area contributed by atoms with Crippen LogP contribution >= 0.6 is 23.2 Å². The van der Waals surface area contributed by atoms with Gasteiger partial charge in [0.05, 0.1) is 15.7 Å². The van der Waals surface area contributed by atoms with Gasteiger partial charge in [0.25, 0.3) is 5.91 Å². The molecule has 5 nitrogen and oxygen atoms in total. The van der Waals surface area contributed by atoms with Gasteiger partial charge >= 0.3 is 0 Å². The van der Waals surface area contributed by atoms with Crippen molar-refractivity contribution in [3.05, 3.63) is 70.6 Å². The van der Waals surface area contributed by atoms with Gasteiger partial charge < -0.3 is 5.32 Å². The van der Waals surface area contributed by atoms with E-state index >= 15 is 0 Å². The Labute approximate surface area is 136 Å². The number of hydrogen-bond acceptors (Lipinski definition) is 3. The van der Waals surface area contributed by atoms with E-state index in [2.05, 4.69) is 15.4 Å². The Morgan fingerprint density at radius 1 is 1.09 bits per heavy atom. The second-order valence-corrected chi connectivity index (χ2v) is 5.22. The lowest BCUT2D eigenvalue weighted by Gasteiger charge is -2.10. The van der Waals surface area contributed by atoms with Gasteiger partial charge in [-0.25, -0.2) is 9.67 Å². The lowest BCUT2D eigenvalue weighted by molar-refractivity contribution is 0.102. The quantitative estimate of drug-likeness (QED) is 0.792. The first kappa shape index (κ1) is 14.6. The molecule has 0 aliphatic carbocycles. The predicted octanol–water partition coefficient (Wildman–Crippen LogP) is 3.83. The number of benzene rings is 1. The first-order chi connectivity index (χ1) is 10.6. The minimum atomic E-state index is -0.306. The number of nitrogens with zero attached hydrogens (tertiary/aromatic N) is 3. The van der Waals surface area contributed by atoms with Crippen LogP contribution in [0.1, 0.15) is 10.4 Å². The second-order valence-electron chi connectivity index (χ2n) is 4.41. The smallest absolute Gasteiger partial charge is 0.255 e. The molecule has 7 heteroatoms. The molecule has 3 aromatic rings. The molecule has 2 heterocycles. The molecule has 22 heavy (non-hydrogen) atoms. The van der Waals surface area contributed by atoms with E-state index in [0.29, 0.717) is 27.1 Å². The van der Waals surface area contributed by atoms with E-state index < -0.39 is 0 Å². The number of pyridine rings is 1. The van der Waals surface area contributed by atoms with Crippen molar-refractivity contribution in [1.29, 1.82) is 0 Å². The SMILES string of the molecule is O=C(Nc1cccnc1-n1cccn1)c1ccc(Cl)c(Cl)c1. The van der Waals surface area contributed by atoms with Crippen LogP contribution in [0.3, 0.4) is 0 Å². The highest BCUT2D eigenvalue weighted by Gasteiger charge is 2.12. The van der Waals surface area contributed by atoms with Crippen LogP contribution in [0.4, 0.5) is 5.69 Å². The molecule has 0 saturated heterocycles. The highest BCUT2D eigenvalue weighted by atomic mass is 35.5. The number of hydrogen-bond donors (Lipinski definition) is 1. The summed E-state index contributed by atoms with van der Waals surface area (Å²) in [5.74, 6) is 0.223. The fourth-order valence-electron chi connectivity index (χ4n) is 1.90. The Bertz CT molecular complexity index is 818. The minimum Gasteiger partial charge on any atom is -0.319 e. The summed E-state index contributed by atoms with van der Waals surface area (Å²) >= 11 is 11.8. The molecule has 1 aromatic carbocycles. The van der Waals surface area contributed by atoms with Gasteiger partial charge in [-0.2, -0.15) is 5.10 Å². The van der Waals surface area contributed by atoms with Crippen LogP contribution in [-0.4, -0.2) is 20.7 Å². The van der Waals surface area contributed by atoms with Crippen molar-refractivity contribution >= 4 is 34.8 Å². The third kappa shape index (κ3) is 2.95. The predicted molar refractivity (Wildman–Crippen MR) is 85.8 cm³/mol. The lowest BCUT2D eigenvalue weighted by Crippen LogP contribution is -2.14. The summed E-state index contributed by atoms with van der Waals surface area (Å²) in [6, 6.07) is 9.96. The number of nitrogens with one attached hydrogen (secondary N) is 1. The zero-order valence-electron chi connectivity index (χ0n) is 11.2. The molecule has 110 valence electrons. The maximum atomic E-state index is 12.3. The first-order valence-corrected chi connectivity index (χ1v) is 7.12. The summed E-state index contributed by atoms with van der Waals surface area (Å²) in [6.07, 6.45) is 5.02. The third-order valence-corrected chi connectivity index (χ3v) is 3.68. The van der Waals surface area contributed by atoms with E-state index in [4.69, 9.17) is 23.2 Å². The maximum absolute atomic E-state index is 12.3. The molecular formula is C15H10Cl2N4O. The molecule has 1 N–H and O–H groups in total. The van der Waals surface area contributed by atoms with Gasteiger partial charge in [-0.05, 0) is 36.4 Å². The zero-order chi connectivity index (χ0) is 15.5. The fraction of sp³-hybridized carbons (Fsp3) is 0. The number of amides is 1. The highest BCUT2D eigenvalue weighted by Crippen LogP contribution is 2.23. The normalized spacial score (nSPS) is 10.5. The van der Waals surface area contributed by atoms with E-state index in [-0.39, 0.29) is 5.91 Å². The van der Waals surface area contributed by atoms with Crippen molar-refractivity contribution in [2.45, 2.75) is 0 Å². The van der Waals surface area contributed by atoms with Gasteiger partial charge in [0.2, 0.25) is 0 Å². The van der Waals surface area contributed by atoms with E-state index in [1.807, 2.05) is 0 Å². The summed E-state index contributed by atoms with van der Waals surface area (Å²) in [5.41, 5.74) is 0.951. The molecule has 0 aliphatic rings. The zero-order valence-corrected chi connectivity index (χ0v) is 12.7. The minimum absolute atomic E-state index is 0.306. The Morgan fingerprint density at radius 2 is 1.95 bits per heavy atom. The molecule has 2 aromatic heterocycles.